The van der Waals surface area contributed by atoms with Crippen LogP contribution < -0.4 is 22.2 Å². The van der Waals surface area contributed by atoms with Gasteiger partial charge in [0.2, 0.25) is 0 Å². The maximum absolute atomic E-state index is 13.0. The van der Waals surface area contributed by atoms with E-state index in [4.69, 9.17) is 11.6 Å². The third kappa shape index (κ3) is 6.08. The van der Waals surface area contributed by atoms with Crippen LogP contribution in [0.25, 0.3) is 0 Å². The van der Waals surface area contributed by atoms with E-state index in [0.29, 0.717) is 16.7 Å². The first-order chi connectivity index (χ1) is 15.9. The number of rotatable bonds is 8. The van der Waals surface area contributed by atoms with Crippen LogP contribution in [0, 0.1) is 5.82 Å². The highest BCUT2D eigenvalue weighted by atomic mass is 19.1. The van der Waals surface area contributed by atoms with E-state index in [0.717, 1.165) is 6.33 Å². The maximum Gasteiger partial charge on any atom is 0.270 e. The van der Waals surface area contributed by atoms with Crippen LogP contribution in [-0.2, 0) is 6.54 Å². The summed E-state index contributed by atoms with van der Waals surface area (Å²) in [4.78, 5) is 32.9. The van der Waals surface area contributed by atoms with E-state index >= 15 is 0 Å². The molecule has 2 aromatic carbocycles. The monoisotopic (exact) mass is 451 g/mol. The average molecular weight is 451 g/mol. The van der Waals surface area contributed by atoms with Gasteiger partial charge in [0.15, 0.2) is 0 Å². The highest BCUT2D eigenvalue weighted by molar-refractivity contribution is 5.98. The normalized spacial score (nSPS) is 12.1. The summed E-state index contributed by atoms with van der Waals surface area (Å²) in [6.07, 6.45) is 1.10. The smallest absolute Gasteiger partial charge is 0.270 e. The summed E-state index contributed by atoms with van der Waals surface area (Å²) >= 11 is 0. The Bertz CT molecular complexity index is 1150. The maximum atomic E-state index is 13.0. The van der Waals surface area contributed by atoms with Gasteiger partial charge in [0.1, 0.15) is 29.4 Å². The Kier molecular flexibility index (Phi) is 7.60. The van der Waals surface area contributed by atoms with Crippen molar-refractivity contribution in [2.75, 3.05) is 6.61 Å². The van der Waals surface area contributed by atoms with Crippen molar-refractivity contribution in [3.63, 3.8) is 0 Å². The van der Waals surface area contributed by atoms with Gasteiger partial charge in [-0.15, -0.1) is 0 Å². The predicted octanol–water partition coefficient (Wildman–Crippen LogP) is 0.588. The summed E-state index contributed by atoms with van der Waals surface area (Å²) in [7, 11) is 0. The van der Waals surface area contributed by atoms with Gasteiger partial charge in [0.25, 0.3) is 11.8 Å². The fourth-order valence-electron chi connectivity index (χ4n) is 2.91. The second-order valence-corrected chi connectivity index (χ2v) is 6.94. The molecule has 3 rings (SSSR count). The molecule has 1 atom stereocenters. The number of benzene rings is 2. The lowest BCUT2D eigenvalue weighted by Crippen LogP contribution is -2.32. The summed E-state index contributed by atoms with van der Waals surface area (Å²) in [5, 5.41) is 18.4. The first kappa shape index (κ1) is 23.3. The zero-order chi connectivity index (χ0) is 23.8. The Labute approximate surface area is 188 Å². The Morgan fingerprint density at radius 1 is 1.03 bits per heavy atom. The number of halogens is 1. The molecule has 0 saturated carbocycles. The summed E-state index contributed by atoms with van der Waals surface area (Å²) in [5.41, 5.74) is 7.50. The fourth-order valence-corrected chi connectivity index (χ4v) is 2.91. The summed E-state index contributed by atoms with van der Waals surface area (Å²) in [5.74, 6) is 3.81. The number of amides is 2. The van der Waals surface area contributed by atoms with Gasteiger partial charge < -0.3 is 27.3 Å². The molecule has 7 N–H and O–H groups in total. The van der Waals surface area contributed by atoms with Gasteiger partial charge >= 0.3 is 0 Å². The van der Waals surface area contributed by atoms with Gasteiger partial charge in [-0.25, -0.2) is 14.4 Å². The van der Waals surface area contributed by atoms with Crippen molar-refractivity contribution in [2.24, 2.45) is 16.7 Å². The molecule has 0 bridgehead atoms. The van der Waals surface area contributed by atoms with E-state index in [-0.39, 0.29) is 36.2 Å². The Morgan fingerprint density at radius 2 is 1.67 bits per heavy atom. The molecule has 1 heterocycles. The number of carbonyl (C=O) groups is 2. The molecule has 0 saturated heterocycles. The van der Waals surface area contributed by atoms with E-state index in [9.17, 15) is 19.1 Å². The van der Waals surface area contributed by atoms with Crippen molar-refractivity contribution in [1.82, 2.24) is 20.6 Å². The van der Waals surface area contributed by atoms with Gasteiger partial charge in [-0.1, -0.05) is 36.4 Å². The number of nitrogens with two attached hydrogens (primary N) is 2. The number of hydrogen-bond donors (Lipinski definition) is 5. The lowest BCUT2D eigenvalue weighted by atomic mass is 10.0. The topological polar surface area (TPSA) is 169 Å². The number of aliphatic hydroxyl groups is 1. The molecule has 11 heteroatoms. The van der Waals surface area contributed by atoms with E-state index in [1.54, 1.807) is 36.4 Å². The van der Waals surface area contributed by atoms with Crippen LogP contribution >= 0.6 is 0 Å². The quantitative estimate of drug-likeness (QED) is 0.144. The van der Waals surface area contributed by atoms with Crippen molar-refractivity contribution < 1.29 is 19.1 Å². The van der Waals surface area contributed by atoms with Crippen molar-refractivity contribution in [1.29, 1.82) is 0 Å². The van der Waals surface area contributed by atoms with Gasteiger partial charge in [0, 0.05) is 18.2 Å². The van der Waals surface area contributed by atoms with E-state index in [2.05, 4.69) is 25.7 Å². The molecule has 0 radical (unpaired) electrons. The number of nitrogens with zero attached hydrogens (tertiary/aromatic N) is 3. The van der Waals surface area contributed by atoms with Gasteiger partial charge in [-0.05, 0) is 23.3 Å². The number of nitrogens with one attached hydrogen (secondary N) is 2. The zero-order valence-electron chi connectivity index (χ0n) is 17.4. The van der Waals surface area contributed by atoms with Crippen LogP contribution in [0.1, 0.15) is 43.7 Å². The third-order valence-electron chi connectivity index (χ3n) is 4.73. The molecular formula is C22H22FN7O3. The summed E-state index contributed by atoms with van der Waals surface area (Å²) in [6.45, 7) is -0.214. The molecule has 33 heavy (non-hydrogen) atoms. The van der Waals surface area contributed by atoms with Crippen molar-refractivity contribution >= 4 is 17.6 Å². The molecule has 0 aliphatic carbocycles. The second-order valence-electron chi connectivity index (χ2n) is 6.94. The molecule has 0 spiro atoms. The summed E-state index contributed by atoms with van der Waals surface area (Å²) in [6, 6.07) is 12.8. The van der Waals surface area contributed by atoms with Crippen LogP contribution in [0.4, 0.5) is 4.39 Å². The molecular weight excluding hydrogens is 429 g/mol. The van der Waals surface area contributed by atoms with E-state index in [1.165, 1.54) is 18.2 Å². The van der Waals surface area contributed by atoms with Crippen molar-refractivity contribution in [3.05, 3.63) is 94.8 Å². The molecule has 1 aromatic heterocycles. The molecule has 1 unspecified atom stereocenters. The number of aromatic nitrogens is 2. The van der Waals surface area contributed by atoms with Gasteiger partial charge in [-0.2, -0.15) is 5.10 Å². The first-order valence-electron chi connectivity index (χ1n) is 9.81. The molecule has 0 aliphatic heterocycles. The van der Waals surface area contributed by atoms with E-state index in [1.807, 2.05) is 0 Å². The number of aliphatic hydroxyl groups excluding tert-OH is 1. The Balaban J connectivity index is 1.66. The lowest BCUT2D eigenvalue weighted by Gasteiger charge is -2.17. The minimum absolute atomic E-state index is 0.0151. The number of amidine groups is 1. The van der Waals surface area contributed by atoms with Crippen LogP contribution in [0.15, 0.2) is 66.0 Å². The second kappa shape index (κ2) is 10.8. The summed E-state index contributed by atoms with van der Waals surface area (Å²) < 4.78 is 13.0. The standard InChI is InChI=1S/C22H22FN7O3/c23-16-7-1-13(2-8-16)10-26-21(32)17-9-18(28-12-27-17)22(33)29-19(11-31)14-3-5-15(6-4-14)20(24)30-25/h1-9,12,19,31H,10-11,25H2,(H2,24,30)(H,26,32)(H,29,33). The molecule has 2 amide bonds. The van der Waals surface area contributed by atoms with Crippen LogP contribution in [-0.4, -0.2) is 39.3 Å². The molecule has 0 fully saturated rings. The minimum atomic E-state index is -0.728. The van der Waals surface area contributed by atoms with Gasteiger partial charge in [0.05, 0.1) is 12.6 Å². The number of carbonyl (C=O) groups excluding carboxylic acids is 2. The Morgan fingerprint density at radius 3 is 2.27 bits per heavy atom. The zero-order valence-corrected chi connectivity index (χ0v) is 17.4. The van der Waals surface area contributed by atoms with E-state index < -0.39 is 17.9 Å². The van der Waals surface area contributed by atoms with Crippen molar-refractivity contribution in [3.8, 4) is 0 Å². The van der Waals surface area contributed by atoms with Crippen LogP contribution in [0.3, 0.4) is 0 Å². The Hall–Kier alpha value is -4.38. The fraction of sp³-hybridized carbons (Fsp3) is 0.136. The van der Waals surface area contributed by atoms with Crippen LogP contribution in [0.2, 0.25) is 0 Å². The van der Waals surface area contributed by atoms with Gasteiger partial charge in [-0.3, -0.25) is 9.59 Å². The molecule has 3 aromatic rings. The molecule has 0 aliphatic rings. The number of hydrogen-bond acceptors (Lipinski definition) is 7. The average Bonchev–Trinajstić information content (AvgIpc) is 2.86. The lowest BCUT2D eigenvalue weighted by molar-refractivity contribution is 0.0911. The largest absolute Gasteiger partial charge is 0.394 e. The molecule has 10 nitrogen and oxygen atoms in total. The SMILES string of the molecule is N/N=C(\N)c1ccc(C(CO)NC(=O)c2cc(C(=O)NCc3ccc(F)cc3)ncn2)cc1. The van der Waals surface area contributed by atoms with Crippen LogP contribution in [0.5, 0.6) is 0 Å². The molecule has 170 valence electrons. The highest BCUT2D eigenvalue weighted by Gasteiger charge is 2.18. The minimum Gasteiger partial charge on any atom is -0.394 e. The number of hydrazone groups is 1. The van der Waals surface area contributed by atoms with Crippen molar-refractivity contribution in [2.45, 2.75) is 12.6 Å². The third-order valence-corrected chi connectivity index (χ3v) is 4.73. The highest BCUT2D eigenvalue weighted by Crippen LogP contribution is 2.14. The predicted molar refractivity (Wildman–Crippen MR) is 118 cm³/mol. The first-order valence-corrected chi connectivity index (χ1v) is 9.81.